The summed E-state index contributed by atoms with van der Waals surface area (Å²) >= 11 is 6.26. The fourth-order valence-electron chi connectivity index (χ4n) is 2.07. The molecule has 0 aromatic heterocycles. The average Bonchev–Trinajstić information content (AvgIpc) is 2.50. The Balaban J connectivity index is 2.74. The molecule has 0 aliphatic rings. The van der Waals surface area contributed by atoms with E-state index >= 15 is 0 Å². The van der Waals surface area contributed by atoms with Crippen LogP contribution in [0.1, 0.15) is 29.3 Å². The number of carbonyl (C=O) groups is 1. The number of nitrogens with zero attached hydrogens (tertiary/aromatic N) is 2. The molecule has 1 aromatic carbocycles. The largest absolute Gasteiger partial charge is 0.462 e. The van der Waals surface area contributed by atoms with Gasteiger partial charge in [-0.3, -0.25) is 0 Å². The number of hydrogen-bond acceptors (Lipinski definition) is 3. The van der Waals surface area contributed by atoms with E-state index in [9.17, 15) is 4.79 Å². The van der Waals surface area contributed by atoms with E-state index in [0.717, 1.165) is 24.6 Å². The zero-order chi connectivity index (χ0) is 18.3. The van der Waals surface area contributed by atoms with Crippen molar-refractivity contribution in [1.82, 2.24) is 4.90 Å². The Bertz CT molecular complexity index is 597. The maximum Gasteiger partial charge on any atom is 0.338 e. The molecular weight excluding hydrogens is 340 g/mol. The van der Waals surface area contributed by atoms with Crippen LogP contribution >= 0.6 is 11.6 Å². The maximum atomic E-state index is 12.2. The number of aryl methyl sites for hydroxylation is 1. The third-order valence-electron chi connectivity index (χ3n) is 3.71. The number of rotatable bonds is 8. The minimum atomic E-state index is -1.09. The van der Waals surface area contributed by atoms with Crippen LogP contribution < -0.4 is 0 Å². The van der Waals surface area contributed by atoms with Crippen molar-refractivity contribution in [3.63, 3.8) is 0 Å². The van der Waals surface area contributed by atoms with Gasteiger partial charge in [-0.1, -0.05) is 37.3 Å². The van der Waals surface area contributed by atoms with Gasteiger partial charge >= 0.3 is 5.97 Å². The Morgan fingerprint density at radius 2 is 2.04 bits per heavy atom. The Hall–Kier alpha value is -1.33. The second-order valence-electron chi connectivity index (χ2n) is 7.24. The van der Waals surface area contributed by atoms with Gasteiger partial charge < -0.3 is 9.64 Å². The van der Waals surface area contributed by atoms with Gasteiger partial charge in [0.1, 0.15) is 0 Å². The van der Waals surface area contributed by atoms with Gasteiger partial charge in [-0.05, 0) is 38.0 Å². The molecule has 0 amide bonds. The summed E-state index contributed by atoms with van der Waals surface area (Å²) in [6.07, 6.45) is 2.65. The lowest BCUT2D eigenvalue weighted by Gasteiger charge is -2.15. The van der Waals surface area contributed by atoms with Gasteiger partial charge in [0.25, 0.3) is 0 Å². The van der Waals surface area contributed by atoms with E-state index in [-0.39, 0.29) is 5.97 Å². The van der Waals surface area contributed by atoms with Crippen LogP contribution in [0.5, 0.6) is 0 Å². The maximum absolute atomic E-state index is 12.2. The van der Waals surface area contributed by atoms with E-state index in [1.807, 2.05) is 31.9 Å². The summed E-state index contributed by atoms with van der Waals surface area (Å²) in [5.74, 6) is -0.314. The molecule has 1 aromatic rings. The molecule has 0 atom stereocenters. The molecule has 134 valence electrons. The zero-order valence-corrected chi connectivity index (χ0v) is 17.4. The standard InChI is InChI=1S/C18H29ClN2O2Si/c1-7-21(3)13-20-17-11-14(2)15(12-16(17)19)18(22)23-9-8-10-24(4,5)6/h11-13H,7-10H2,1-6H3/b20-13+. The Kier molecular flexibility index (Phi) is 7.96. The molecule has 0 fully saturated rings. The first-order valence-corrected chi connectivity index (χ1v) is 12.4. The van der Waals surface area contributed by atoms with Gasteiger partial charge in [0.15, 0.2) is 0 Å². The van der Waals surface area contributed by atoms with E-state index in [0.29, 0.717) is 22.9 Å². The first-order valence-electron chi connectivity index (χ1n) is 8.35. The molecule has 6 heteroatoms. The smallest absolute Gasteiger partial charge is 0.338 e. The van der Waals surface area contributed by atoms with E-state index in [4.69, 9.17) is 16.3 Å². The fraction of sp³-hybridized carbons (Fsp3) is 0.556. The Morgan fingerprint density at radius 1 is 1.38 bits per heavy atom. The molecule has 0 heterocycles. The molecule has 0 radical (unpaired) electrons. The van der Waals surface area contributed by atoms with Crippen molar-refractivity contribution in [3.05, 3.63) is 28.3 Å². The molecule has 0 unspecified atom stereocenters. The predicted octanol–water partition coefficient (Wildman–Crippen LogP) is 5.15. The van der Waals surface area contributed by atoms with Crippen molar-refractivity contribution in [2.24, 2.45) is 4.99 Å². The minimum Gasteiger partial charge on any atom is -0.462 e. The third kappa shape index (κ3) is 7.05. The summed E-state index contributed by atoms with van der Waals surface area (Å²) in [5, 5.41) is 0.454. The molecule has 0 aliphatic heterocycles. The predicted molar refractivity (Wildman–Crippen MR) is 106 cm³/mol. The number of aliphatic imine (C=N–C) groups is 1. The van der Waals surface area contributed by atoms with Crippen molar-refractivity contribution in [2.75, 3.05) is 20.2 Å². The van der Waals surface area contributed by atoms with Crippen molar-refractivity contribution in [1.29, 1.82) is 0 Å². The van der Waals surface area contributed by atoms with E-state index in [2.05, 4.69) is 24.6 Å². The lowest BCUT2D eigenvalue weighted by molar-refractivity contribution is 0.0504. The number of benzene rings is 1. The lowest BCUT2D eigenvalue weighted by Crippen LogP contribution is -2.20. The summed E-state index contributed by atoms with van der Waals surface area (Å²) < 4.78 is 5.39. The van der Waals surface area contributed by atoms with Crippen LogP contribution in [0.4, 0.5) is 5.69 Å². The highest BCUT2D eigenvalue weighted by molar-refractivity contribution is 6.76. The minimum absolute atomic E-state index is 0.314. The number of esters is 1. The number of ether oxygens (including phenoxy) is 1. The molecule has 24 heavy (non-hydrogen) atoms. The van der Waals surface area contributed by atoms with Crippen LogP contribution in [0, 0.1) is 6.92 Å². The van der Waals surface area contributed by atoms with Gasteiger partial charge in [0, 0.05) is 21.7 Å². The van der Waals surface area contributed by atoms with Crippen molar-refractivity contribution < 1.29 is 9.53 Å². The molecule has 1 rings (SSSR count). The van der Waals surface area contributed by atoms with Crippen molar-refractivity contribution in [3.8, 4) is 0 Å². The topological polar surface area (TPSA) is 41.9 Å². The van der Waals surface area contributed by atoms with Crippen LogP contribution in [-0.2, 0) is 4.74 Å². The summed E-state index contributed by atoms with van der Waals surface area (Å²) in [5.41, 5.74) is 1.99. The normalized spacial score (nSPS) is 11.8. The average molecular weight is 369 g/mol. The SMILES string of the molecule is CCN(C)/C=N/c1cc(C)c(C(=O)OCCC[Si](C)(C)C)cc1Cl. The molecule has 0 N–H and O–H groups in total. The van der Waals surface area contributed by atoms with Crippen molar-refractivity contribution in [2.45, 2.75) is 46.0 Å². The van der Waals surface area contributed by atoms with Crippen molar-refractivity contribution >= 4 is 37.7 Å². The first-order chi connectivity index (χ1) is 11.1. The second kappa shape index (κ2) is 9.23. The van der Waals surface area contributed by atoms with E-state index in [1.165, 1.54) is 0 Å². The summed E-state index contributed by atoms with van der Waals surface area (Å²) in [4.78, 5) is 18.6. The quantitative estimate of drug-likeness (QED) is 0.209. The molecule has 0 spiro atoms. The number of hydrogen-bond donors (Lipinski definition) is 0. The third-order valence-corrected chi connectivity index (χ3v) is 5.87. The van der Waals surface area contributed by atoms with E-state index in [1.54, 1.807) is 12.4 Å². The number of carbonyl (C=O) groups excluding carboxylic acids is 1. The number of halogens is 1. The van der Waals surface area contributed by atoms with Gasteiger partial charge in [0.2, 0.25) is 0 Å². The van der Waals surface area contributed by atoms with Gasteiger partial charge in [-0.15, -0.1) is 0 Å². The molecule has 4 nitrogen and oxygen atoms in total. The van der Waals surface area contributed by atoms with E-state index < -0.39 is 8.07 Å². The molecule has 0 aliphatic carbocycles. The van der Waals surface area contributed by atoms with Crippen LogP contribution in [0.3, 0.4) is 0 Å². The first kappa shape index (κ1) is 20.7. The molecule has 0 saturated carbocycles. The van der Waals surface area contributed by atoms with Gasteiger partial charge in [0.05, 0.1) is 29.2 Å². The molecule has 0 bridgehead atoms. The lowest BCUT2D eigenvalue weighted by atomic mass is 10.1. The monoisotopic (exact) mass is 368 g/mol. The van der Waals surface area contributed by atoms with Gasteiger partial charge in [-0.2, -0.15) is 0 Å². The van der Waals surface area contributed by atoms with Crippen LogP contribution in [0.15, 0.2) is 17.1 Å². The van der Waals surface area contributed by atoms with Crippen LogP contribution in [0.2, 0.25) is 30.7 Å². The summed E-state index contributed by atoms with van der Waals surface area (Å²) in [6, 6.07) is 4.62. The molecule has 0 saturated heterocycles. The molecular formula is C18H29ClN2O2Si. The summed E-state index contributed by atoms with van der Waals surface area (Å²) in [6.45, 7) is 12.2. The van der Waals surface area contributed by atoms with Crippen LogP contribution in [-0.4, -0.2) is 45.5 Å². The van der Waals surface area contributed by atoms with Crippen LogP contribution in [0.25, 0.3) is 0 Å². The second-order valence-corrected chi connectivity index (χ2v) is 13.3. The van der Waals surface area contributed by atoms with Gasteiger partial charge in [-0.25, -0.2) is 9.79 Å². The Morgan fingerprint density at radius 3 is 2.62 bits per heavy atom. The Labute approximate surface area is 151 Å². The fourth-order valence-corrected chi connectivity index (χ4v) is 3.49. The highest BCUT2D eigenvalue weighted by Gasteiger charge is 2.15. The highest BCUT2D eigenvalue weighted by atomic mass is 35.5. The highest BCUT2D eigenvalue weighted by Crippen LogP contribution is 2.28. The zero-order valence-electron chi connectivity index (χ0n) is 15.6. The summed E-state index contributed by atoms with van der Waals surface area (Å²) in [7, 11) is 0.851.